The Hall–Kier alpha value is -1.58. The van der Waals surface area contributed by atoms with Crippen LogP contribution in [-0.4, -0.2) is 54.8 Å². The van der Waals surface area contributed by atoms with Gasteiger partial charge in [0.05, 0.1) is 6.54 Å². The van der Waals surface area contributed by atoms with E-state index in [0.717, 1.165) is 6.92 Å². The first kappa shape index (κ1) is 25.4. The number of ether oxygens (including phenoxy) is 1. The standard InChI is InChI=1S/C11H11F10NO4S/c1-5(2)7(23)26-6(3)4-22(21)27(24,25)11(19,20)9(14,15)8(12,13)10(16,17)18/h6H,1,4H2,2-3H3. The van der Waals surface area contributed by atoms with Gasteiger partial charge in [0.2, 0.25) is 0 Å². The number of sulfonamides is 1. The van der Waals surface area contributed by atoms with Crippen LogP contribution in [0.4, 0.5) is 44.0 Å². The lowest BCUT2D eigenvalue weighted by Crippen LogP contribution is -2.64. The van der Waals surface area contributed by atoms with E-state index >= 15 is 0 Å². The molecule has 1 unspecified atom stereocenters. The van der Waals surface area contributed by atoms with Gasteiger partial charge >= 0.3 is 39.3 Å². The SMILES string of the molecule is C=C(C)C(=O)OC(C)CN(F)S(=O)(=O)C(F)(F)C(F)(F)C(F)(F)C(F)(F)F. The molecule has 0 amide bonds. The summed E-state index contributed by atoms with van der Waals surface area (Å²) in [4.78, 5) is 11.1. The van der Waals surface area contributed by atoms with E-state index in [4.69, 9.17) is 0 Å². The third-order valence-corrected chi connectivity index (χ3v) is 4.33. The molecule has 0 aromatic carbocycles. The fourth-order valence-corrected chi connectivity index (χ4v) is 2.38. The minimum atomic E-state index is -7.57. The molecule has 160 valence electrons. The molecule has 0 bridgehead atoms. The van der Waals surface area contributed by atoms with E-state index in [2.05, 4.69) is 11.3 Å². The Morgan fingerprint density at radius 1 is 1.04 bits per heavy atom. The number of rotatable bonds is 8. The van der Waals surface area contributed by atoms with E-state index in [-0.39, 0.29) is 5.57 Å². The molecule has 0 N–H and O–H groups in total. The molecule has 27 heavy (non-hydrogen) atoms. The summed E-state index contributed by atoms with van der Waals surface area (Å²) in [6.07, 6.45) is -9.21. The van der Waals surface area contributed by atoms with Gasteiger partial charge in [-0.25, -0.2) is 13.2 Å². The molecule has 0 spiro atoms. The molecule has 16 heteroatoms. The number of carbonyl (C=O) groups is 1. The van der Waals surface area contributed by atoms with Crippen LogP contribution in [0.1, 0.15) is 13.8 Å². The lowest BCUT2D eigenvalue weighted by molar-refractivity contribution is -0.382. The Labute approximate surface area is 145 Å². The Morgan fingerprint density at radius 3 is 1.78 bits per heavy atom. The zero-order chi connectivity index (χ0) is 22.2. The minimum Gasteiger partial charge on any atom is -0.458 e. The van der Waals surface area contributed by atoms with Crippen molar-refractivity contribution in [2.75, 3.05) is 6.54 Å². The van der Waals surface area contributed by atoms with Crippen LogP contribution in [-0.2, 0) is 19.6 Å². The van der Waals surface area contributed by atoms with Crippen molar-refractivity contribution in [2.45, 2.75) is 43.2 Å². The zero-order valence-corrected chi connectivity index (χ0v) is 14.1. The van der Waals surface area contributed by atoms with Crippen molar-refractivity contribution in [3.8, 4) is 0 Å². The quantitative estimate of drug-likeness (QED) is 0.250. The molecule has 0 aliphatic carbocycles. The molecule has 0 aliphatic heterocycles. The fourth-order valence-electron chi connectivity index (χ4n) is 1.27. The summed E-state index contributed by atoms with van der Waals surface area (Å²) >= 11 is 0. The second-order valence-corrected chi connectivity index (χ2v) is 6.99. The van der Waals surface area contributed by atoms with Crippen molar-refractivity contribution >= 4 is 16.0 Å². The van der Waals surface area contributed by atoms with E-state index in [0.29, 0.717) is 6.92 Å². The topological polar surface area (TPSA) is 63.7 Å². The smallest absolute Gasteiger partial charge is 0.458 e. The van der Waals surface area contributed by atoms with Crippen molar-refractivity contribution in [3.63, 3.8) is 0 Å². The van der Waals surface area contributed by atoms with E-state index in [1.54, 1.807) is 0 Å². The monoisotopic (exact) mass is 443 g/mol. The van der Waals surface area contributed by atoms with Crippen LogP contribution < -0.4 is 0 Å². The van der Waals surface area contributed by atoms with Gasteiger partial charge in [-0.05, 0) is 18.4 Å². The summed E-state index contributed by atoms with van der Waals surface area (Å²) in [5.74, 6) is -16.4. The highest BCUT2D eigenvalue weighted by Crippen LogP contribution is 2.55. The predicted molar refractivity (Wildman–Crippen MR) is 68.0 cm³/mol. The number of hydrogen-bond acceptors (Lipinski definition) is 4. The molecule has 0 radical (unpaired) electrons. The third-order valence-electron chi connectivity index (χ3n) is 2.76. The minimum absolute atomic E-state index is 0.322. The number of esters is 1. The van der Waals surface area contributed by atoms with Crippen LogP contribution in [0.15, 0.2) is 12.2 Å². The van der Waals surface area contributed by atoms with Crippen molar-refractivity contribution in [3.05, 3.63) is 12.2 Å². The van der Waals surface area contributed by atoms with E-state index in [1.807, 2.05) is 0 Å². The van der Waals surface area contributed by atoms with Gasteiger partial charge in [-0.2, -0.15) is 39.5 Å². The number of alkyl halides is 9. The summed E-state index contributed by atoms with van der Waals surface area (Å²) in [6, 6.07) is 0. The second-order valence-electron chi connectivity index (χ2n) is 5.13. The van der Waals surface area contributed by atoms with Gasteiger partial charge in [0, 0.05) is 5.57 Å². The number of halogens is 10. The molecular formula is C11H11F10NO4S. The lowest BCUT2D eigenvalue weighted by atomic mass is 10.1. The molecule has 0 saturated carbocycles. The van der Waals surface area contributed by atoms with Crippen LogP contribution in [0.5, 0.6) is 0 Å². The van der Waals surface area contributed by atoms with Crippen molar-refractivity contribution < 1.29 is 61.9 Å². The summed E-state index contributed by atoms with van der Waals surface area (Å²) in [6.45, 7) is 2.88. The first-order chi connectivity index (χ1) is 11.6. The molecule has 0 aromatic heterocycles. The Kier molecular flexibility index (Phi) is 7.01. The van der Waals surface area contributed by atoms with Crippen LogP contribution in [0, 0.1) is 0 Å². The predicted octanol–water partition coefficient (Wildman–Crippen LogP) is 3.44. The second kappa shape index (κ2) is 7.44. The van der Waals surface area contributed by atoms with Gasteiger partial charge in [-0.1, -0.05) is 6.58 Å². The van der Waals surface area contributed by atoms with Crippen molar-refractivity contribution in [1.82, 2.24) is 4.53 Å². The molecule has 0 aliphatic rings. The fraction of sp³-hybridized carbons (Fsp3) is 0.727. The maximum atomic E-state index is 13.5. The van der Waals surface area contributed by atoms with Gasteiger partial charge in [0.1, 0.15) is 6.10 Å². The Balaban J connectivity index is 5.78. The van der Waals surface area contributed by atoms with Gasteiger partial charge in [0.25, 0.3) is 0 Å². The van der Waals surface area contributed by atoms with Gasteiger partial charge in [0.15, 0.2) is 0 Å². The largest absolute Gasteiger partial charge is 0.460 e. The highest BCUT2D eigenvalue weighted by atomic mass is 32.2. The molecular weight excluding hydrogens is 432 g/mol. The van der Waals surface area contributed by atoms with E-state index in [1.165, 1.54) is 0 Å². The van der Waals surface area contributed by atoms with Crippen LogP contribution in [0.25, 0.3) is 0 Å². The Bertz CT molecular complexity index is 688. The lowest BCUT2D eigenvalue weighted by Gasteiger charge is -2.33. The van der Waals surface area contributed by atoms with E-state index < -0.39 is 56.4 Å². The Morgan fingerprint density at radius 2 is 1.44 bits per heavy atom. The number of nitrogens with zero attached hydrogens (tertiary/aromatic N) is 1. The molecule has 0 aromatic rings. The first-order valence-corrected chi connectivity index (χ1v) is 7.83. The van der Waals surface area contributed by atoms with Crippen molar-refractivity contribution in [2.24, 2.45) is 0 Å². The zero-order valence-electron chi connectivity index (χ0n) is 13.3. The molecule has 0 heterocycles. The van der Waals surface area contributed by atoms with Crippen LogP contribution >= 0.6 is 0 Å². The summed E-state index contributed by atoms with van der Waals surface area (Å²) in [5.41, 5.74) is -0.322. The average molecular weight is 443 g/mol. The molecule has 0 saturated heterocycles. The van der Waals surface area contributed by atoms with Crippen molar-refractivity contribution in [1.29, 1.82) is 0 Å². The molecule has 1 atom stereocenters. The summed E-state index contributed by atoms with van der Waals surface area (Å²) in [5, 5.41) is -7.22. The maximum absolute atomic E-state index is 13.5. The van der Waals surface area contributed by atoms with Gasteiger partial charge in [-0.15, -0.1) is 4.48 Å². The molecule has 0 rings (SSSR count). The van der Waals surface area contributed by atoms with Crippen LogP contribution in [0.2, 0.25) is 0 Å². The maximum Gasteiger partial charge on any atom is 0.460 e. The van der Waals surface area contributed by atoms with Gasteiger partial charge < -0.3 is 4.74 Å². The first-order valence-electron chi connectivity index (χ1n) is 6.39. The summed E-state index contributed by atoms with van der Waals surface area (Å²) in [7, 11) is -7.40. The highest BCUT2D eigenvalue weighted by molar-refractivity contribution is 7.90. The number of carbonyl (C=O) groups excluding carboxylic acids is 1. The average Bonchev–Trinajstić information content (AvgIpc) is 2.44. The summed E-state index contributed by atoms with van der Waals surface area (Å²) < 4.78 is 152. The third kappa shape index (κ3) is 4.47. The number of hydrogen-bond donors (Lipinski definition) is 0. The van der Waals surface area contributed by atoms with Gasteiger partial charge in [-0.3, -0.25) is 0 Å². The molecule has 0 fully saturated rings. The normalized spacial score (nSPS) is 15.6. The highest BCUT2D eigenvalue weighted by Gasteiger charge is 2.86. The van der Waals surface area contributed by atoms with E-state index in [9.17, 15) is 57.2 Å². The molecule has 5 nitrogen and oxygen atoms in total. The van der Waals surface area contributed by atoms with Crippen LogP contribution in [0.3, 0.4) is 0 Å².